The maximum Gasteiger partial charge on any atom is 0.341 e. The van der Waals surface area contributed by atoms with Crippen LogP contribution in [0, 0.1) is 6.92 Å². The van der Waals surface area contributed by atoms with E-state index in [0.29, 0.717) is 22.9 Å². The van der Waals surface area contributed by atoms with Gasteiger partial charge in [0, 0.05) is 10.6 Å². The minimum absolute atomic E-state index is 0.126. The summed E-state index contributed by atoms with van der Waals surface area (Å²) in [6.07, 6.45) is 1.75. The van der Waals surface area contributed by atoms with Crippen molar-refractivity contribution in [3.05, 3.63) is 29.2 Å². The third kappa shape index (κ3) is 5.08. The molecule has 0 aliphatic heterocycles. The van der Waals surface area contributed by atoms with E-state index in [2.05, 4.69) is 11.9 Å². The molecule has 0 aromatic carbocycles. The Bertz CT molecular complexity index is 468. The van der Waals surface area contributed by atoms with E-state index in [4.69, 9.17) is 4.74 Å². The summed E-state index contributed by atoms with van der Waals surface area (Å²) in [5.74, 6) is 0.535. The number of esters is 1. The summed E-state index contributed by atoms with van der Waals surface area (Å²) in [5.41, 5.74) is 0.423. The van der Waals surface area contributed by atoms with Crippen LogP contribution in [-0.4, -0.2) is 30.0 Å². The fourth-order valence-electron chi connectivity index (χ4n) is 1.37. The third-order valence-electron chi connectivity index (χ3n) is 2.07. The maximum absolute atomic E-state index is 11.7. The predicted molar refractivity (Wildman–Crippen MR) is 81.2 cm³/mol. The molecule has 19 heavy (non-hydrogen) atoms. The Kier molecular flexibility index (Phi) is 6.66. The fourth-order valence-corrected chi connectivity index (χ4v) is 2.82. The van der Waals surface area contributed by atoms with Gasteiger partial charge in [0.15, 0.2) is 0 Å². The molecular formula is C13H17NO3S2. The second-order valence-electron chi connectivity index (χ2n) is 3.67. The summed E-state index contributed by atoms with van der Waals surface area (Å²) in [7, 11) is 0. The zero-order valence-corrected chi connectivity index (χ0v) is 12.7. The number of anilines is 1. The van der Waals surface area contributed by atoms with Crippen LogP contribution in [0.25, 0.3) is 0 Å². The molecule has 1 heterocycles. The third-order valence-corrected chi connectivity index (χ3v) is 3.98. The highest BCUT2D eigenvalue weighted by atomic mass is 32.2. The van der Waals surface area contributed by atoms with Gasteiger partial charge in [-0.3, -0.25) is 4.79 Å². The highest BCUT2D eigenvalue weighted by Gasteiger charge is 2.17. The van der Waals surface area contributed by atoms with Crippen LogP contribution in [0.3, 0.4) is 0 Å². The van der Waals surface area contributed by atoms with Crippen LogP contribution in [0.5, 0.6) is 0 Å². The van der Waals surface area contributed by atoms with E-state index >= 15 is 0 Å². The molecule has 104 valence electrons. The van der Waals surface area contributed by atoms with Gasteiger partial charge in [-0.05, 0) is 19.9 Å². The Morgan fingerprint density at radius 1 is 1.58 bits per heavy atom. The van der Waals surface area contributed by atoms with Crippen molar-refractivity contribution in [1.29, 1.82) is 0 Å². The number of nitrogens with one attached hydrogen (secondary N) is 1. The molecule has 1 amide bonds. The Morgan fingerprint density at radius 3 is 2.95 bits per heavy atom. The Labute approximate surface area is 121 Å². The van der Waals surface area contributed by atoms with Crippen molar-refractivity contribution in [2.24, 2.45) is 0 Å². The standard InChI is InChI=1S/C13H17NO3S2/c1-4-6-18-8-11(15)14-12-10(7-9(3)19-12)13(16)17-5-2/h4,7H,1,5-6,8H2,2-3H3,(H,14,15). The quantitative estimate of drug-likeness (QED) is 0.477. The monoisotopic (exact) mass is 299 g/mol. The van der Waals surface area contributed by atoms with Gasteiger partial charge in [0.25, 0.3) is 0 Å². The van der Waals surface area contributed by atoms with E-state index in [0.717, 1.165) is 10.6 Å². The number of rotatable bonds is 7. The van der Waals surface area contributed by atoms with Gasteiger partial charge in [0.05, 0.1) is 17.9 Å². The lowest BCUT2D eigenvalue weighted by Crippen LogP contribution is -2.16. The highest BCUT2D eigenvalue weighted by molar-refractivity contribution is 8.00. The van der Waals surface area contributed by atoms with E-state index < -0.39 is 5.97 Å². The summed E-state index contributed by atoms with van der Waals surface area (Å²) in [6, 6.07) is 1.73. The molecule has 6 heteroatoms. The fraction of sp³-hybridized carbons (Fsp3) is 0.385. The molecule has 4 nitrogen and oxygen atoms in total. The summed E-state index contributed by atoms with van der Waals surface area (Å²) in [5, 5.41) is 3.31. The van der Waals surface area contributed by atoms with Crippen LogP contribution < -0.4 is 5.32 Å². The van der Waals surface area contributed by atoms with Crippen LogP contribution in [0.15, 0.2) is 18.7 Å². The van der Waals surface area contributed by atoms with Gasteiger partial charge < -0.3 is 10.1 Å². The Morgan fingerprint density at radius 2 is 2.32 bits per heavy atom. The number of aryl methyl sites for hydroxylation is 1. The second-order valence-corrected chi connectivity index (χ2v) is 5.96. The zero-order chi connectivity index (χ0) is 14.3. The molecule has 0 atom stereocenters. The number of carbonyl (C=O) groups excluding carboxylic acids is 2. The first-order chi connectivity index (χ1) is 9.08. The average Bonchev–Trinajstić information content (AvgIpc) is 2.71. The summed E-state index contributed by atoms with van der Waals surface area (Å²) < 4.78 is 4.96. The van der Waals surface area contributed by atoms with E-state index in [-0.39, 0.29) is 5.91 Å². The summed E-state index contributed by atoms with van der Waals surface area (Å²) in [4.78, 5) is 24.4. The van der Waals surface area contributed by atoms with Crippen molar-refractivity contribution in [2.75, 3.05) is 23.4 Å². The average molecular weight is 299 g/mol. The van der Waals surface area contributed by atoms with Crippen molar-refractivity contribution in [3.8, 4) is 0 Å². The summed E-state index contributed by atoms with van der Waals surface area (Å²) >= 11 is 2.84. The molecule has 0 saturated heterocycles. The van der Waals surface area contributed by atoms with Crippen LogP contribution in [0.2, 0.25) is 0 Å². The van der Waals surface area contributed by atoms with Gasteiger partial charge in [-0.1, -0.05) is 6.08 Å². The van der Waals surface area contributed by atoms with Gasteiger partial charge in [0.1, 0.15) is 5.00 Å². The van der Waals surface area contributed by atoms with E-state index in [1.807, 2.05) is 6.92 Å². The normalized spacial score (nSPS) is 10.0. The molecule has 0 aliphatic carbocycles. The molecule has 1 rings (SSSR count). The van der Waals surface area contributed by atoms with Gasteiger partial charge in [-0.2, -0.15) is 0 Å². The van der Waals surface area contributed by atoms with Crippen molar-refractivity contribution < 1.29 is 14.3 Å². The molecule has 0 fully saturated rings. The molecule has 0 bridgehead atoms. The lowest BCUT2D eigenvalue weighted by Gasteiger charge is -2.05. The van der Waals surface area contributed by atoms with E-state index in [9.17, 15) is 9.59 Å². The number of hydrogen-bond acceptors (Lipinski definition) is 5. The van der Waals surface area contributed by atoms with Gasteiger partial charge >= 0.3 is 5.97 Å². The van der Waals surface area contributed by atoms with Gasteiger partial charge in [-0.25, -0.2) is 4.79 Å². The second kappa shape index (κ2) is 8.01. The lowest BCUT2D eigenvalue weighted by atomic mass is 10.3. The van der Waals surface area contributed by atoms with Crippen molar-refractivity contribution >= 4 is 40.0 Å². The van der Waals surface area contributed by atoms with E-state index in [1.54, 1.807) is 19.1 Å². The highest BCUT2D eigenvalue weighted by Crippen LogP contribution is 2.28. The van der Waals surface area contributed by atoms with Gasteiger partial charge in [0.2, 0.25) is 5.91 Å². The molecule has 1 aromatic heterocycles. The molecule has 1 aromatic rings. The van der Waals surface area contributed by atoms with Gasteiger partial charge in [-0.15, -0.1) is 29.7 Å². The van der Waals surface area contributed by atoms with Crippen LogP contribution >= 0.6 is 23.1 Å². The molecule has 0 spiro atoms. The molecule has 1 N–H and O–H groups in total. The van der Waals surface area contributed by atoms with Crippen LogP contribution in [0.1, 0.15) is 22.2 Å². The first kappa shape index (κ1) is 15.8. The maximum atomic E-state index is 11.7. The minimum atomic E-state index is -0.402. The molecule has 0 aliphatic rings. The van der Waals surface area contributed by atoms with Crippen LogP contribution in [-0.2, 0) is 9.53 Å². The molecular weight excluding hydrogens is 282 g/mol. The number of amides is 1. The first-order valence-corrected chi connectivity index (χ1v) is 7.81. The predicted octanol–water partition coefficient (Wildman–Crippen LogP) is 3.09. The number of ether oxygens (including phenoxy) is 1. The topological polar surface area (TPSA) is 55.4 Å². The minimum Gasteiger partial charge on any atom is -0.462 e. The van der Waals surface area contributed by atoms with Crippen molar-refractivity contribution in [2.45, 2.75) is 13.8 Å². The smallest absolute Gasteiger partial charge is 0.341 e. The lowest BCUT2D eigenvalue weighted by molar-refractivity contribution is -0.113. The van der Waals surface area contributed by atoms with Crippen LogP contribution in [0.4, 0.5) is 5.00 Å². The zero-order valence-electron chi connectivity index (χ0n) is 11.0. The Balaban J connectivity index is 2.69. The first-order valence-electron chi connectivity index (χ1n) is 5.84. The number of thioether (sulfide) groups is 1. The SMILES string of the molecule is C=CCSCC(=O)Nc1sc(C)cc1C(=O)OCC. The molecule has 0 unspecified atom stereocenters. The number of thiophene rings is 1. The number of hydrogen-bond donors (Lipinski definition) is 1. The summed E-state index contributed by atoms with van der Waals surface area (Å²) in [6.45, 7) is 7.54. The van der Waals surface area contributed by atoms with Crippen molar-refractivity contribution in [3.63, 3.8) is 0 Å². The largest absolute Gasteiger partial charge is 0.462 e. The van der Waals surface area contributed by atoms with E-state index in [1.165, 1.54) is 23.1 Å². The Hall–Kier alpha value is -1.27. The number of carbonyl (C=O) groups is 2. The molecule has 0 radical (unpaired) electrons. The van der Waals surface area contributed by atoms with Crippen molar-refractivity contribution in [1.82, 2.24) is 0 Å². The molecule has 0 saturated carbocycles.